The largest absolute Gasteiger partial charge is 0.395 e. The molecule has 2 rings (SSSR count). The van der Waals surface area contributed by atoms with Crippen molar-refractivity contribution in [3.8, 4) is 0 Å². The molecule has 0 bridgehead atoms. The SMILES string of the molecule is O=C(Cn1cccn1)N(CCO)C1CCCCC1. The molecule has 1 aliphatic carbocycles. The molecule has 1 aliphatic rings. The Morgan fingerprint density at radius 2 is 2.17 bits per heavy atom. The molecule has 1 saturated carbocycles. The zero-order valence-electron chi connectivity index (χ0n) is 10.7. The Balaban J connectivity index is 1.97. The molecule has 0 unspecified atom stereocenters. The summed E-state index contributed by atoms with van der Waals surface area (Å²) < 4.78 is 1.63. The Morgan fingerprint density at radius 1 is 1.39 bits per heavy atom. The van der Waals surface area contributed by atoms with Crippen LogP contribution < -0.4 is 0 Å². The molecule has 0 aliphatic heterocycles. The summed E-state index contributed by atoms with van der Waals surface area (Å²) in [6, 6.07) is 2.11. The van der Waals surface area contributed by atoms with E-state index in [1.807, 2.05) is 11.0 Å². The first-order valence-electron chi connectivity index (χ1n) is 6.69. The lowest BCUT2D eigenvalue weighted by Crippen LogP contribution is -2.44. The molecule has 5 heteroatoms. The monoisotopic (exact) mass is 251 g/mol. The summed E-state index contributed by atoms with van der Waals surface area (Å²) in [6.07, 6.45) is 9.20. The number of nitrogens with zero attached hydrogens (tertiary/aromatic N) is 3. The van der Waals surface area contributed by atoms with E-state index in [0.717, 1.165) is 12.8 Å². The van der Waals surface area contributed by atoms with E-state index in [1.54, 1.807) is 17.1 Å². The predicted octanol–water partition coefficient (Wildman–Crippen LogP) is 1.04. The Labute approximate surface area is 107 Å². The first-order chi connectivity index (χ1) is 8.81. The topological polar surface area (TPSA) is 58.4 Å². The minimum absolute atomic E-state index is 0.0291. The van der Waals surface area contributed by atoms with Crippen LogP contribution >= 0.6 is 0 Å². The van der Waals surface area contributed by atoms with Crippen molar-refractivity contribution in [1.29, 1.82) is 0 Å². The summed E-state index contributed by atoms with van der Waals surface area (Å²) in [5, 5.41) is 13.2. The van der Waals surface area contributed by atoms with Crippen LogP contribution in [0, 0.1) is 0 Å². The molecule has 0 spiro atoms. The fourth-order valence-corrected chi connectivity index (χ4v) is 2.63. The molecule has 18 heavy (non-hydrogen) atoms. The molecular weight excluding hydrogens is 230 g/mol. The molecule has 1 aromatic rings. The molecule has 0 atom stereocenters. The highest BCUT2D eigenvalue weighted by Gasteiger charge is 2.24. The van der Waals surface area contributed by atoms with Gasteiger partial charge in [-0.1, -0.05) is 19.3 Å². The molecule has 100 valence electrons. The van der Waals surface area contributed by atoms with Gasteiger partial charge in [-0.15, -0.1) is 0 Å². The summed E-state index contributed by atoms with van der Waals surface area (Å²) in [4.78, 5) is 14.1. The average Bonchev–Trinajstić information content (AvgIpc) is 2.89. The van der Waals surface area contributed by atoms with Gasteiger partial charge in [0.25, 0.3) is 0 Å². The minimum Gasteiger partial charge on any atom is -0.395 e. The Morgan fingerprint density at radius 3 is 2.78 bits per heavy atom. The van der Waals surface area contributed by atoms with Crippen molar-refractivity contribution in [3.63, 3.8) is 0 Å². The van der Waals surface area contributed by atoms with Gasteiger partial charge >= 0.3 is 0 Å². The van der Waals surface area contributed by atoms with Crippen molar-refractivity contribution < 1.29 is 9.90 Å². The van der Waals surface area contributed by atoms with E-state index in [4.69, 9.17) is 5.11 Å². The van der Waals surface area contributed by atoms with Gasteiger partial charge in [0.05, 0.1) is 6.61 Å². The number of aliphatic hydroxyl groups excluding tert-OH is 1. The number of amides is 1. The molecular formula is C13H21N3O2. The second-order valence-electron chi connectivity index (χ2n) is 4.81. The fraction of sp³-hybridized carbons (Fsp3) is 0.692. The number of aliphatic hydroxyl groups is 1. The van der Waals surface area contributed by atoms with Crippen molar-refractivity contribution in [3.05, 3.63) is 18.5 Å². The van der Waals surface area contributed by atoms with Crippen molar-refractivity contribution in [2.24, 2.45) is 0 Å². The molecule has 1 aromatic heterocycles. The minimum atomic E-state index is 0.0291. The maximum Gasteiger partial charge on any atom is 0.244 e. The quantitative estimate of drug-likeness (QED) is 0.850. The van der Waals surface area contributed by atoms with Gasteiger partial charge in [-0.25, -0.2) is 0 Å². The van der Waals surface area contributed by atoms with E-state index >= 15 is 0 Å². The van der Waals surface area contributed by atoms with Gasteiger partial charge in [-0.05, 0) is 18.9 Å². The van der Waals surface area contributed by atoms with E-state index in [0.29, 0.717) is 12.6 Å². The van der Waals surface area contributed by atoms with Gasteiger partial charge in [-0.3, -0.25) is 9.48 Å². The summed E-state index contributed by atoms with van der Waals surface area (Å²) in [5.41, 5.74) is 0. The van der Waals surface area contributed by atoms with Crippen LogP contribution in [0.1, 0.15) is 32.1 Å². The van der Waals surface area contributed by atoms with Crippen LogP contribution in [0.5, 0.6) is 0 Å². The van der Waals surface area contributed by atoms with Crippen LogP contribution in [0.25, 0.3) is 0 Å². The molecule has 5 nitrogen and oxygen atoms in total. The maximum atomic E-state index is 12.3. The van der Waals surface area contributed by atoms with E-state index in [2.05, 4.69) is 5.10 Å². The summed E-state index contributed by atoms with van der Waals surface area (Å²) in [6.45, 7) is 0.732. The molecule has 0 radical (unpaired) electrons. The van der Waals surface area contributed by atoms with Crippen LogP contribution in [-0.4, -0.2) is 44.9 Å². The van der Waals surface area contributed by atoms with Gasteiger partial charge in [-0.2, -0.15) is 5.10 Å². The van der Waals surface area contributed by atoms with Gasteiger partial charge < -0.3 is 10.0 Å². The molecule has 0 aromatic carbocycles. The average molecular weight is 251 g/mol. The number of hydrogen-bond acceptors (Lipinski definition) is 3. The third kappa shape index (κ3) is 3.32. The highest BCUT2D eigenvalue weighted by atomic mass is 16.3. The zero-order chi connectivity index (χ0) is 12.8. The van der Waals surface area contributed by atoms with Crippen LogP contribution in [0.2, 0.25) is 0 Å². The highest BCUT2D eigenvalue weighted by molar-refractivity contribution is 5.76. The third-order valence-corrected chi connectivity index (χ3v) is 3.53. The van der Waals surface area contributed by atoms with Crippen LogP contribution in [0.3, 0.4) is 0 Å². The molecule has 1 N–H and O–H groups in total. The first kappa shape index (κ1) is 13.1. The normalized spacial score (nSPS) is 16.7. The predicted molar refractivity (Wildman–Crippen MR) is 67.9 cm³/mol. The van der Waals surface area contributed by atoms with Crippen molar-refractivity contribution in [1.82, 2.24) is 14.7 Å². The number of carbonyl (C=O) groups is 1. The summed E-state index contributed by atoms with van der Waals surface area (Å²) in [5.74, 6) is 0.0552. The smallest absolute Gasteiger partial charge is 0.244 e. The van der Waals surface area contributed by atoms with E-state index in [1.165, 1.54) is 19.3 Å². The number of aromatic nitrogens is 2. The van der Waals surface area contributed by atoms with Crippen molar-refractivity contribution in [2.75, 3.05) is 13.2 Å². The second kappa shape index (κ2) is 6.54. The van der Waals surface area contributed by atoms with Gasteiger partial charge in [0.1, 0.15) is 6.54 Å². The lowest BCUT2D eigenvalue weighted by molar-refractivity contribution is -0.135. The van der Waals surface area contributed by atoms with Crippen LogP contribution in [0.15, 0.2) is 18.5 Å². The third-order valence-electron chi connectivity index (χ3n) is 3.53. The van der Waals surface area contributed by atoms with E-state index in [-0.39, 0.29) is 19.1 Å². The van der Waals surface area contributed by atoms with E-state index < -0.39 is 0 Å². The second-order valence-corrected chi connectivity index (χ2v) is 4.81. The van der Waals surface area contributed by atoms with Crippen molar-refractivity contribution in [2.45, 2.75) is 44.7 Å². The highest BCUT2D eigenvalue weighted by Crippen LogP contribution is 2.22. The zero-order valence-corrected chi connectivity index (χ0v) is 10.7. The summed E-state index contributed by atoms with van der Waals surface area (Å²) >= 11 is 0. The number of carbonyl (C=O) groups excluding carboxylic acids is 1. The molecule has 0 saturated heterocycles. The van der Waals surface area contributed by atoms with Crippen LogP contribution in [0.4, 0.5) is 0 Å². The lowest BCUT2D eigenvalue weighted by atomic mass is 9.94. The maximum absolute atomic E-state index is 12.3. The lowest BCUT2D eigenvalue weighted by Gasteiger charge is -2.34. The van der Waals surface area contributed by atoms with Gasteiger partial charge in [0.2, 0.25) is 5.91 Å². The first-order valence-corrected chi connectivity index (χ1v) is 6.69. The van der Waals surface area contributed by atoms with Gasteiger partial charge in [0.15, 0.2) is 0 Å². The van der Waals surface area contributed by atoms with Crippen molar-refractivity contribution >= 4 is 5.91 Å². The standard InChI is InChI=1S/C13H21N3O2/c17-10-9-16(12-5-2-1-3-6-12)13(18)11-15-8-4-7-14-15/h4,7-8,12,17H,1-3,5-6,9-11H2. The molecule has 1 amide bonds. The van der Waals surface area contributed by atoms with Gasteiger partial charge in [0, 0.05) is 25.0 Å². The Kier molecular flexibility index (Phi) is 4.75. The number of rotatable bonds is 5. The Bertz CT molecular complexity index is 358. The van der Waals surface area contributed by atoms with Crippen LogP contribution in [-0.2, 0) is 11.3 Å². The molecule has 1 fully saturated rings. The Hall–Kier alpha value is -1.36. The molecule has 1 heterocycles. The fourth-order valence-electron chi connectivity index (χ4n) is 2.63. The van der Waals surface area contributed by atoms with E-state index in [9.17, 15) is 4.79 Å². The summed E-state index contributed by atoms with van der Waals surface area (Å²) in [7, 11) is 0. The number of hydrogen-bond donors (Lipinski definition) is 1.